The van der Waals surface area contributed by atoms with Gasteiger partial charge < -0.3 is 21.1 Å². The fourth-order valence-corrected chi connectivity index (χ4v) is 2.21. The number of aromatic nitrogens is 2. The largest absolute Gasteiger partial charge is 0.394 e. The molecule has 2 unspecified atom stereocenters. The molecule has 0 radical (unpaired) electrons. The third-order valence-electron chi connectivity index (χ3n) is 3.50. The van der Waals surface area contributed by atoms with Crippen molar-refractivity contribution >= 4 is 17.5 Å². The summed E-state index contributed by atoms with van der Waals surface area (Å²) in [5.74, 6) is -1.82. The number of anilines is 1. The molecule has 2 aromatic rings. The number of nitrogens with zero attached hydrogens (tertiary/aromatic N) is 3. The molecule has 1 aromatic carbocycles. The number of aliphatic hydroxyl groups excluding tert-OH is 1. The molecule has 0 aliphatic rings. The van der Waals surface area contributed by atoms with Crippen LogP contribution in [0, 0.1) is 10.1 Å². The van der Waals surface area contributed by atoms with Gasteiger partial charge in [0, 0.05) is 18.3 Å². The third kappa shape index (κ3) is 4.62. The fraction of sp³-hybridized carbons (Fsp3) is 0.267. The Balaban J connectivity index is 2.09. The maximum absolute atomic E-state index is 12.4. The highest BCUT2D eigenvalue weighted by Crippen LogP contribution is 2.14. The van der Waals surface area contributed by atoms with Gasteiger partial charge in [-0.1, -0.05) is 18.2 Å². The van der Waals surface area contributed by atoms with Crippen LogP contribution in [0.4, 0.5) is 5.69 Å². The van der Waals surface area contributed by atoms with Crippen LogP contribution in [-0.2, 0) is 16.0 Å². The Morgan fingerprint density at radius 1 is 1.38 bits per heavy atom. The highest BCUT2D eigenvalue weighted by molar-refractivity contribution is 5.98. The molecule has 138 valence electrons. The number of aliphatic hydroxyl groups is 1. The van der Waals surface area contributed by atoms with E-state index in [1.165, 1.54) is 36.8 Å². The summed E-state index contributed by atoms with van der Waals surface area (Å²) in [5.41, 5.74) is 6.36. The van der Waals surface area contributed by atoms with Crippen molar-refractivity contribution in [2.75, 3.05) is 11.6 Å². The molecule has 2 atom stereocenters. The smallest absolute Gasteiger partial charge is 0.313 e. The average Bonchev–Trinajstić information content (AvgIpc) is 3.13. The summed E-state index contributed by atoms with van der Waals surface area (Å²) < 4.78 is 0. The summed E-state index contributed by atoms with van der Waals surface area (Å²) in [6.07, 6.45) is 3.04. The number of nitrogens with one attached hydrogen (secondary N) is 2. The standard InChI is InChI=1S/C15H18N6O5/c16-12(6-10-7-17-9-18-10)14(23)19-13(8-22)15(24)20(21(25)26)11-4-2-1-3-5-11/h1-5,7,9,12-13,22H,6,8,16H2,(H,17,18)(H,19,23). The van der Waals surface area contributed by atoms with Crippen molar-refractivity contribution < 1.29 is 19.7 Å². The Kier molecular flexibility index (Phi) is 6.36. The number of aromatic amines is 1. The predicted octanol–water partition coefficient (Wildman–Crippen LogP) is -1.02. The van der Waals surface area contributed by atoms with Crippen LogP contribution in [0.5, 0.6) is 0 Å². The molecule has 2 rings (SSSR count). The molecule has 0 aliphatic heterocycles. The summed E-state index contributed by atoms with van der Waals surface area (Å²) in [4.78, 5) is 42.4. The van der Waals surface area contributed by atoms with Gasteiger partial charge in [0.1, 0.15) is 11.7 Å². The van der Waals surface area contributed by atoms with Gasteiger partial charge in [0.05, 0.1) is 19.0 Å². The van der Waals surface area contributed by atoms with Crippen molar-refractivity contribution in [3.05, 3.63) is 58.7 Å². The molecule has 0 spiro atoms. The normalized spacial score (nSPS) is 12.8. The molecule has 0 bridgehead atoms. The first-order valence-electron chi connectivity index (χ1n) is 7.61. The molecule has 1 aromatic heterocycles. The minimum Gasteiger partial charge on any atom is -0.394 e. The molecule has 0 aliphatic carbocycles. The predicted molar refractivity (Wildman–Crippen MR) is 90.2 cm³/mol. The van der Waals surface area contributed by atoms with Crippen LogP contribution in [0.25, 0.3) is 0 Å². The molecule has 1 heterocycles. The van der Waals surface area contributed by atoms with E-state index in [2.05, 4.69) is 15.3 Å². The molecular formula is C15H18N6O5. The van der Waals surface area contributed by atoms with Gasteiger partial charge in [-0.3, -0.25) is 9.59 Å². The molecule has 0 saturated carbocycles. The molecule has 2 amide bonds. The van der Waals surface area contributed by atoms with Gasteiger partial charge >= 0.3 is 5.91 Å². The van der Waals surface area contributed by atoms with Crippen LogP contribution in [-0.4, -0.2) is 50.6 Å². The van der Waals surface area contributed by atoms with Gasteiger partial charge in [0.25, 0.3) is 0 Å². The van der Waals surface area contributed by atoms with E-state index in [9.17, 15) is 24.8 Å². The Hall–Kier alpha value is -3.31. The lowest BCUT2D eigenvalue weighted by Crippen LogP contribution is -2.55. The molecular weight excluding hydrogens is 344 g/mol. The molecule has 0 fully saturated rings. The van der Waals surface area contributed by atoms with Crippen molar-refractivity contribution in [2.45, 2.75) is 18.5 Å². The Morgan fingerprint density at radius 3 is 2.62 bits per heavy atom. The molecule has 26 heavy (non-hydrogen) atoms. The first-order chi connectivity index (χ1) is 12.4. The lowest BCUT2D eigenvalue weighted by Gasteiger charge is -2.21. The van der Waals surface area contributed by atoms with Gasteiger partial charge in [-0.25, -0.2) is 15.1 Å². The quantitative estimate of drug-likeness (QED) is 0.344. The highest BCUT2D eigenvalue weighted by Gasteiger charge is 2.34. The van der Waals surface area contributed by atoms with Crippen molar-refractivity contribution in [1.82, 2.24) is 15.3 Å². The molecule has 5 N–H and O–H groups in total. The van der Waals surface area contributed by atoms with Crippen LogP contribution in [0.3, 0.4) is 0 Å². The van der Waals surface area contributed by atoms with Gasteiger partial charge in [-0.2, -0.15) is 0 Å². The number of para-hydroxylation sites is 1. The maximum Gasteiger partial charge on any atom is 0.313 e. The van der Waals surface area contributed by atoms with Crippen molar-refractivity contribution in [3.8, 4) is 0 Å². The number of carbonyl (C=O) groups is 2. The van der Waals surface area contributed by atoms with E-state index < -0.39 is 35.5 Å². The number of nitrogens with two attached hydrogens (primary N) is 1. The van der Waals surface area contributed by atoms with E-state index in [1.807, 2.05) is 0 Å². The van der Waals surface area contributed by atoms with E-state index in [4.69, 9.17) is 5.73 Å². The lowest BCUT2D eigenvalue weighted by atomic mass is 10.1. The van der Waals surface area contributed by atoms with Gasteiger partial charge in [-0.05, 0) is 17.1 Å². The Bertz CT molecular complexity index is 751. The minimum atomic E-state index is -1.51. The maximum atomic E-state index is 12.4. The van der Waals surface area contributed by atoms with Crippen molar-refractivity contribution in [3.63, 3.8) is 0 Å². The number of H-pyrrole nitrogens is 1. The number of nitro groups is 1. The Labute approximate surface area is 147 Å². The van der Waals surface area contributed by atoms with Crippen LogP contribution >= 0.6 is 0 Å². The molecule has 11 nitrogen and oxygen atoms in total. The zero-order valence-electron chi connectivity index (χ0n) is 13.6. The van der Waals surface area contributed by atoms with E-state index in [0.29, 0.717) is 5.69 Å². The van der Waals surface area contributed by atoms with E-state index in [1.54, 1.807) is 6.07 Å². The second-order valence-electron chi connectivity index (χ2n) is 5.35. The Morgan fingerprint density at radius 2 is 2.08 bits per heavy atom. The second kappa shape index (κ2) is 8.69. The highest BCUT2D eigenvalue weighted by atomic mass is 16.7. The minimum absolute atomic E-state index is 0.00282. The molecule has 0 saturated heterocycles. The average molecular weight is 362 g/mol. The second-order valence-corrected chi connectivity index (χ2v) is 5.35. The SMILES string of the molecule is NC(Cc1cnc[nH]1)C(=O)NC(CO)C(=O)N(c1ccccc1)[N+](=O)[O-]. The number of hydrazine groups is 1. The van der Waals surface area contributed by atoms with Crippen LogP contribution in [0.2, 0.25) is 0 Å². The number of hydrogen-bond acceptors (Lipinski definition) is 7. The van der Waals surface area contributed by atoms with Gasteiger partial charge in [-0.15, -0.1) is 0 Å². The topological polar surface area (TPSA) is 167 Å². The van der Waals surface area contributed by atoms with Crippen LogP contribution in [0.1, 0.15) is 5.69 Å². The van der Waals surface area contributed by atoms with E-state index in [-0.39, 0.29) is 17.1 Å². The van der Waals surface area contributed by atoms with Gasteiger partial charge in [0.2, 0.25) is 5.91 Å². The molecule has 11 heteroatoms. The van der Waals surface area contributed by atoms with Crippen molar-refractivity contribution in [2.24, 2.45) is 5.73 Å². The number of rotatable bonds is 8. The summed E-state index contributed by atoms with van der Waals surface area (Å²) in [7, 11) is 0. The number of imidazole rings is 1. The van der Waals surface area contributed by atoms with Crippen LogP contribution in [0.15, 0.2) is 42.9 Å². The zero-order valence-corrected chi connectivity index (χ0v) is 13.6. The first-order valence-corrected chi connectivity index (χ1v) is 7.61. The number of carbonyl (C=O) groups excluding carboxylic acids is 2. The summed E-state index contributed by atoms with van der Waals surface area (Å²) >= 11 is 0. The lowest BCUT2D eigenvalue weighted by molar-refractivity contribution is -0.484. The van der Waals surface area contributed by atoms with Gasteiger partial charge in [0.15, 0.2) is 5.03 Å². The first kappa shape index (κ1) is 19.0. The summed E-state index contributed by atoms with van der Waals surface area (Å²) in [6.45, 7) is -0.821. The number of benzene rings is 1. The zero-order chi connectivity index (χ0) is 19.1. The summed E-state index contributed by atoms with van der Waals surface area (Å²) in [5, 5.41) is 22.3. The van der Waals surface area contributed by atoms with E-state index >= 15 is 0 Å². The number of amides is 2. The fourth-order valence-electron chi connectivity index (χ4n) is 2.21. The number of hydrogen-bond donors (Lipinski definition) is 4. The van der Waals surface area contributed by atoms with E-state index in [0.717, 1.165) is 0 Å². The van der Waals surface area contributed by atoms with Crippen LogP contribution < -0.4 is 16.1 Å². The van der Waals surface area contributed by atoms with Crippen molar-refractivity contribution in [1.29, 1.82) is 0 Å². The third-order valence-corrected chi connectivity index (χ3v) is 3.50. The monoisotopic (exact) mass is 362 g/mol. The summed E-state index contributed by atoms with van der Waals surface area (Å²) in [6, 6.07) is 4.85.